The minimum atomic E-state index is -1.27. The predicted molar refractivity (Wildman–Crippen MR) is 558 cm³/mol. The lowest BCUT2D eigenvalue weighted by atomic mass is 9.79. The highest BCUT2D eigenvalue weighted by Crippen LogP contribution is 2.49. The number of esters is 4. The molecule has 0 aromatic heterocycles. The molecule has 3 aliphatic rings. The van der Waals surface area contributed by atoms with E-state index in [9.17, 15) is 58.8 Å². The number of hydrogen-bond acceptors (Lipinski definition) is 24. The summed E-state index contributed by atoms with van der Waals surface area (Å²) in [7, 11) is 9.35. The Hall–Kier alpha value is -10.7. The van der Waals surface area contributed by atoms with Gasteiger partial charge in [-0.25, -0.2) is 19.2 Å². The number of ether oxygens (including phenoxy) is 8. The lowest BCUT2D eigenvalue weighted by molar-refractivity contribution is -0.144. The average Bonchev–Trinajstić information content (AvgIpc) is 0.762. The van der Waals surface area contributed by atoms with Crippen LogP contribution in [-0.2, 0) is 152 Å². The lowest BCUT2D eigenvalue weighted by Crippen LogP contribution is -2.46. The number of rotatable bonds is 4. The Morgan fingerprint density at radius 3 is 0.479 bits per heavy atom. The summed E-state index contributed by atoms with van der Waals surface area (Å²) in [5.41, 5.74) is 12.1. The molecule has 0 radical (unpaired) electrons. The van der Waals surface area contributed by atoms with E-state index >= 15 is 0 Å². The molecule has 8 N–H and O–H groups in total. The van der Waals surface area contributed by atoms with Crippen molar-refractivity contribution in [3.63, 3.8) is 0 Å². The van der Waals surface area contributed by atoms with Crippen LogP contribution in [0.15, 0.2) is 97.1 Å². The number of carbonyl (C=O) groups excluding carboxylic acids is 8. The number of methoxy groups -OCH3 is 4. The van der Waals surface area contributed by atoms with Gasteiger partial charge in [0.25, 0.3) is 23.6 Å². The monoisotopic (exact) mass is 1990 g/mol. The van der Waals surface area contributed by atoms with Crippen molar-refractivity contribution in [3.05, 3.63) is 231 Å². The normalized spacial score (nSPS) is 17.7. The number of amides is 4. The van der Waals surface area contributed by atoms with Gasteiger partial charge in [-0.3, -0.25) is 19.2 Å². The van der Waals surface area contributed by atoms with Crippen molar-refractivity contribution in [1.82, 2.24) is 21.3 Å². The second-order valence-electron chi connectivity index (χ2n) is 45.3. The van der Waals surface area contributed by atoms with Crippen LogP contribution < -0.4 is 40.2 Å². The van der Waals surface area contributed by atoms with Gasteiger partial charge in [-0.1, -0.05) is 306 Å². The second-order valence-corrected chi connectivity index (χ2v) is 50.5. The number of hydrogen-bond donors (Lipinski definition) is 8. The lowest BCUT2D eigenvalue weighted by Gasteiger charge is -2.28. The molecule has 0 spiro atoms. The minimum Gasteiger partial charge on any atom is -0.507 e. The quantitative estimate of drug-likeness (QED) is 0.0461. The summed E-state index contributed by atoms with van der Waals surface area (Å²) < 4.78 is 48.8. The standard InChI is InChI=1S/C112H144N4O20S4/c1-105(2,3)77-37-61-29-69-45-81(109(13,14)15)47-71-31-63-39-78(106(4,5)6)40-64(94(63)122)32-72-48-82(110(16,17)18)46-70(30-62(38-77)93(61)121)98(72)134-54-90(118)114-86(102(126)130-26)58-138-140-60-88(104(128)132-28)116-92(120)56-136-100-74-34-66-42-79(107(7,8)9)41-65(95(66)123)33-73-49-83(111(19,20)21)51-75(35-67-43-80(108(10,11)12)44-68(96(67)124)36-76(100)52-84(50-74)112(22,23)24)99(73)135-55-91(119)115-87(103(127)131-27)59-139-137-57-85(101(125)129-25)113-89(117)53-133-97(69)71/h37-52,85-88,121-124H,29-36,53-60H2,1-28H3,(H,113,117)(H,114,118)(H,115,119)(H,116,120). The van der Waals surface area contributed by atoms with Gasteiger partial charge in [0.15, 0.2) is 26.4 Å². The number of benzene rings is 8. The molecule has 1 aliphatic heterocycles. The highest BCUT2D eigenvalue weighted by Gasteiger charge is 2.37. The van der Waals surface area contributed by atoms with Crippen LogP contribution in [0.5, 0.6) is 46.0 Å². The molecule has 8 aromatic carbocycles. The molecular formula is C112H144N4O20S4. The van der Waals surface area contributed by atoms with Crippen molar-refractivity contribution >= 4 is 90.7 Å². The molecule has 28 heteroatoms. The van der Waals surface area contributed by atoms with Crippen LogP contribution in [0.4, 0.5) is 0 Å². The second kappa shape index (κ2) is 44.0. The first-order valence-electron chi connectivity index (χ1n) is 47.7. The molecule has 20 bridgehead atoms. The average molecular weight is 1990 g/mol. The SMILES string of the molecule is COC(=O)C1CSSCC(C(=O)OC)NC(=O)COc2c3cc(C(C)(C)C)cc2Cc2cc(C(C)(C)C)cc(c2O)Cc2cc(C(C)(C)C)cc(c2OCC(=O)NC(C(=O)OC)CSSCC(C(=O)OC)NC(=O)COc2c4cc(C(C)(C)C)cc2Cc2cc(C(C)(C)C)cc(c2O)Cc2cc(C(C)(C)C)cc(c2OCC(=O)N1)Cc1cc(C(C)(C)C)cc(c1O)C4)Cc1cc(C(C)(C)C)cc(c1O)C3. The molecule has 1 heterocycles. The number of nitrogens with one attached hydrogen (secondary N) is 4. The van der Waals surface area contributed by atoms with Crippen molar-refractivity contribution in [2.75, 3.05) is 77.9 Å². The largest absolute Gasteiger partial charge is 0.507 e. The summed E-state index contributed by atoms with van der Waals surface area (Å²) >= 11 is 0. The Morgan fingerprint density at radius 1 is 0.243 bits per heavy atom. The number of aromatic hydroxyl groups is 4. The van der Waals surface area contributed by atoms with Crippen LogP contribution in [-0.4, -0.2) is 170 Å². The fourth-order valence-electron chi connectivity index (χ4n) is 17.2. The van der Waals surface area contributed by atoms with Crippen LogP contribution in [0.3, 0.4) is 0 Å². The van der Waals surface area contributed by atoms with E-state index in [1.807, 2.05) is 97.1 Å². The third-order valence-electron chi connectivity index (χ3n) is 25.8. The van der Waals surface area contributed by atoms with E-state index in [2.05, 4.69) is 187 Å². The third-order valence-corrected chi connectivity index (χ3v) is 30.6. The molecule has 0 saturated carbocycles. The Balaban J connectivity index is 1.05. The van der Waals surface area contributed by atoms with Gasteiger partial charge < -0.3 is 79.6 Å². The highest BCUT2D eigenvalue weighted by atomic mass is 33.1. The zero-order valence-corrected chi connectivity index (χ0v) is 90.1. The molecule has 756 valence electrons. The van der Waals surface area contributed by atoms with E-state index < -0.39 is 141 Å². The van der Waals surface area contributed by atoms with E-state index in [1.165, 1.54) is 28.4 Å². The first kappa shape index (κ1) is 110. The van der Waals surface area contributed by atoms with Gasteiger partial charge in [0.05, 0.1) is 28.4 Å². The molecule has 0 saturated heterocycles. The van der Waals surface area contributed by atoms with Gasteiger partial charge in [0.2, 0.25) is 0 Å². The van der Waals surface area contributed by atoms with Gasteiger partial charge in [-0.2, -0.15) is 0 Å². The van der Waals surface area contributed by atoms with Crippen molar-refractivity contribution in [3.8, 4) is 46.0 Å². The molecule has 11 rings (SSSR count). The molecule has 140 heavy (non-hydrogen) atoms. The smallest absolute Gasteiger partial charge is 0.329 e. The number of phenolic OH excluding ortho intramolecular Hbond substituents is 4. The van der Waals surface area contributed by atoms with Crippen LogP contribution in [0, 0.1) is 0 Å². The van der Waals surface area contributed by atoms with Crippen LogP contribution in [0.2, 0.25) is 0 Å². The van der Waals surface area contributed by atoms with Crippen LogP contribution in [0.25, 0.3) is 0 Å². The van der Waals surface area contributed by atoms with Crippen molar-refractivity contribution in [1.29, 1.82) is 0 Å². The molecule has 2 aliphatic carbocycles. The van der Waals surface area contributed by atoms with E-state index in [0.717, 1.165) is 87.7 Å². The Bertz CT molecular complexity index is 5100. The van der Waals surface area contributed by atoms with Gasteiger partial charge in [0.1, 0.15) is 70.2 Å². The molecule has 4 atom stereocenters. The van der Waals surface area contributed by atoms with Gasteiger partial charge in [-0.15, -0.1) is 0 Å². The first-order valence-corrected chi connectivity index (χ1v) is 52.7. The zero-order chi connectivity index (χ0) is 103. The Morgan fingerprint density at radius 2 is 0.364 bits per heavy atom. The fourth-order valence-corrected chi connectivity index (χ4v) is 21.8. The van der Waals surface area contributed by atoms with Gasteiger partial charge in [-0.05, 0) is 177 Å². The Labute approximate surface area is 842 Å². The summed E-state index contributed by atoms with van der Waals surface area (Å²) in [6.07, 6.45) is 0.479. The molecule has 4 amide bonds. The Kier molecular flexibility index (Phi) is 34.5. The number of carbonyl (C=O) groups is 8. The van der Waals surface area contributed by atoms with Crippen molar-refractivity contribution in [2.24, 2.45) is 0 Å². The topological polar surface area (TPSA) is 339 Å². The van der Waals surface area contributed by atoms with Crippen molar-refractivity contribution in [2.45, 2.75) is 285 Å². The van der Waals surface area contributed by atoms with Crippen molar-refractivity contribution < 1.29 is 96.7 Å². The van der Waals surface area contributed by atoms with E-state index in [4.69, 9.17) is 37.9 Å². The molecule has 0 fully saturated rings. The first-order chi connectivity index (χ1) is 65.1. The van der Waals surface area contributed by atoms with E-state index in [0.29, 0.717) is 112 Å². The summed E-state index contributed by atoms with van der Waals surface area (Å²) in [6, 6.07) is 26.8. The molecule has 8 aromatic rings. The van der Waals surface area contributed by atoms with E-state index in [-0.39, 0.29) is 97.4 Å². The van der Waals surface area contributed by atoms with Gasteiger partial charge in [0, 0.05) is 74.4 Å². The predicted octanol–water partition coefficient (Wildman–Crippen LogP) is 18.9. The maximum Gasteiger partial charge on any atom is 0.329 e. The van der Waals surface area contributed by atoms with Crippen LogP contribution in [0.1, 0.15) is 300 Å². The summed E-state index contributed by atoms with van der Waals surface area (Å²) in [5, 5.41) is 64.1. The molecular weight excluding hydrogens is 1850 g/mol. The van der Waals surface area contributed by atoms with Gasteiger partial charge >= 0.3 is 23.9 Å². The van der Waals surface area contributed by atoms with E-state index in [1.54, 1.807) is 0 Å². The minimum absolute atomic E-state index is 0.0296. The number of phenols is 4. The fraction of sp³-hybridized carbons (Fsp3) is 0.500. The maximum absolute atomic E-state index is 14.9. The summed E-state index contributed by atoms with van der Waals surface area (Å²) in [4.78, 5) is 115. The highest BCUT2D eigenvalue weighted by molar-refractivity contribution is 8.77. The zero-order valence-electron chi connectivity index (χ0n) is 86.8. The summed E-state index contributed by atoms with van der Waals surface area (Å²) in [5.74, 6) is -5.18. The number of fused-ring (bicyclic) bond motifs is 4. The molecule has 24 nitrogen and oxygen atoms in total. The molecule has 4 unspecified atom stereocenters. The maximum atomic E-state index is 14.9. The summed E-state index contributed by atoms with van der Waals surface area (Å²) in [6.45, 7) is 47.5. The third kappa shape index (κ3) is 27.6. The van der Waals surface area contributed by atoms with Crippen LogP contribution >= 0.6 is 43.2 Å².